The van der Waals surface area contributed by atoms with Crippen LogP contribution < -0.4 is 4.74 Å². The number of hydrogen-bond acceptors (Lipinski definition) is 2. The van der Waals surface area contributed by atoms with Gasteiger partial charge in [-0.25, -0.2) is 0 Å². The summed E-state index contributed by atoms with van der Waals surface area (Å²) in [5.41, 5.74) is 1.23. The topological polar surface area (TPSA) is 18.5 Å². The highest BCUT2D eigenvalue weighted by atomic mass is 79.9. The van der Waals surface area contributed by atoms with Gasteiger partial charge in [-0.1, -0.05) is 15.9 Å². The fraction of sp³-hybridized carbons (Fsp3) is 0.538. The van der Waals surface area contributed by atoms with Gasteiger partial charge in [-0.15, -0.1) is 11.6 Å². The van der Waals surface area contributed by atoms with E-state index in [1.54, 1.807) is 7.11 Å². The molecule has 1 aliphatic heterocycles. The van der Waals surface area contributed by atoms with E-state index in [1.807, 2.05) is 12.1 Å². The highest BCUT2D eigenvalue weighted by Gasteiger charge is 2.24. The summed E-state index contributed by atoms with van der Waals surface area (Å²) >= 11 is 9.90. The SMILES string of the molecule is COc1ccc(Br)c(CC2COCCC2Cl)c1. The summed E-state index contributed by atoms with van der Waals surface area (Å²) in [5.74, 6) is 1.26. The number of ether oxygens (including phenoxy) is 2. The standard InChI is InChI=1S/C13H16BrClO2/c1-16-11-2-3-12(14)9(7-11)6-10-8-17-5-4-13(10)15/h2-3,7,10,13H,4-6,8H2,1H3. The van der Waals surface area contributed by atoms with Gasteiger partial charge in [-0.2, -0.15) is 0 Å². The molecule has 0 spiro atoms. The van der Waals surface area contributed by atoms with Gasteiger partial charge in [0.2, 0.25) is 0 Å². The highest BCUT2D eigenvalue weighted by molar-refractivity contribution is 9.10. The van der Waals surface area contributed by atoms with Crippen molar-refractivity contribution in [2.24, 2.45) is 5.92 Å². The fourth-order valence-corrected chi connectivity index (χ4v) is 2.73. The average Bonchev–Trinajstić information content (AvgIpc) is 2.35. The van der Waals surface area contributed by atoms with E-state index in [0.717, 1.165) is 36.3 Å². The van der Waals surface area contributed by atoms with Crippen molar-refractivity contribution in [2.75, 3.05) is 20.3 Å². The van der Waals surface area contributed by atoms with Gasteiger partial charge in [0.15, 0.2) is 0 Å². The van der Waals surface area contributed by atoms with Crippen LogP contribution in [0.5, 0.6) is 5.75 Å². The maximum Gasteiger partial charge on any atom is 0.119 e. The van der Waals surface area contributed by atoms with Crippen LogP contribution in [0.2, 0.25) is 0 Å². The predicted molar refractivity (Wildman–Crippen MR) is 73.0 cm³/mol. The zero-order valence-corrected chi connectivity index (χ0v) is 12.1. The van der Waals surface area contributed by atoms with E-state index in [2.05, 4.69) is 22.0 Å². The van der Waals surface area contributed by atoms with Crippen molar-refractivity contribution < 1.29 is 9.47 Å². The van der Waals surface area contributed by atoms with E-state index in [0.29, 0.717) is 5.92 Å². The summed E-state index contributed by atoms with van der Waals surface area (Å²) in [6.07, 6.45) is 1.86. The number of benzene rings is 1. The molecular formula is C13H16BrClO2. The lowest BCUT2D eigenvalue weighted by Crippen LogP contribution is -2.29. The molecule has 0 bridgehead atoms. The zero-order chi connectivity index (χ0) is 12.3. The summed E-state index contributed by atoms with van der Waals surface area (Å²) in [6, 6.07) is 6.02. The minimum atomic E-state index is 0.210. The fourth-order valence-electron chi connectivity index (χ4n) is 2.07. The minimum Gasteiger partial charge on any atom is -0.497 e. The Labute approximate surface area is 115 Å². The van der Waals surface area contributed by atoms with E-state index < -0.39 is 0 Å². The van der Waals surface area contributed by atoms with Gasteiger partial charge in [-0.3, -0.25) is 0 Å². The first-order chi connectivity index (χ1) is 8.20. The van der Waals surface area contributed by atoms with Gasteiger partial charge >= 0.3 is 0 Å². The van der Waals surface area contributed by atoms with Gasteiger partial charge in [-0.05, 0) is 36.6 Å². The number of alkyl halides is 1. The van der Waals surface area contributed by atoms with E-state index >= 15 is 0 Å². The zero-order valence-electron chi connectivity index (χ0n) is 9.79. The predicted octanol–water partition coefficient (Wildman–Crippen LogP) is 3.64. The molecule has 1 aromatic carbocycles. The van der Waals surface area contributed by atoms with E-state index in [9.17, 15) is 0 Å². The Morgan fingerprint density at radius 1 is 1.53 bits per heavy atom. The van der Waals surface area contributed by atoms with Gasteiger partial charge in [0.25, 0.3) is 0 Å². The van der Waals surface area contributed by atoms with Crippen molar-refractivity contribution in [3.63, 3.8) is 0 Å². The molecule has 0 radical (unpaired) electrons. The van der Waals surface area contributed by atoms with E-state index in [1.165, 1.54) is 5.56 Å². The van der Waals surface area contributed by atoms with Crippen LogP contribution in [-0.2, 0) is 11.2 Å². The summed E-state index contributed by atoms with van der Waals surface area (Å²) in [6.45, 7) is 1.53. The molecular weight excluding hydrogens is 303 g/mol. The van der Waals surface area contributed by atoms with Crippen LogP contribution in [0.15, 0.2) is 22.7 Å². The Kier molecular flexibility index (Phi) is 4.71. The summed E-state index contributed by atoms with van der Waals surface area (Å²) in [7, 11) is 1.68. The molecule has 0 amide bonds. The molecule has 4 heteroatoms. The second-order valence-electron chi connectivity index (χ2n) is 4.30. The van der Waals surface area contributed by atoms with Crippen molar-refractivity contribution in [1.29, 1.82) is 0 Å². The Morgan fingerprint density at radius 3 is 3.06 bits per heavy atom. The first kappa shape index (κ1) is 13.2. The van der Waals surface area contributed by atoms with Gasteiger partial charge in [0.05, 0.1) is 13.7 Å². The largest absolute Gasteiger partial charge is 0.497 e. The monoisotopic (exact) mass is 318 g/mol. The van der Waals surface area contributed by atoms with Gasteiger partial charge in [0, 0.05) is 22.4 Å². The van der Waals surface area contributed by atoms with Gasteiger partial charge in [0.1, 0.15) is 5.75 Å². The Morgan fingerprint density at radius 2 is 2.35 bits per heavy atom. The third-order valence-corrected chi connectivity index (χ3v) is 4.46. The number of rotatable bonds is 3. The molecule has 0 saturated carbocycles. The number of halogens is 2. The maximum absolute atomic E-state index is 6.33. The molecule has 94 valence electrons. The molecule has 2 atom stereocenters. The van der Waals surface area contributed by atoms with Crippen molar-refractivity contribution in [3.8, 4) is 5.75 Å². The van der Waals surface area contributed by atoms with Crippen molar-refractivity contribution in [3.05, 3.63) is 28.2 Å². The Bertz CT molecular complexity index is 384. The molecule has 0 N–H and O–H groups in total. The molecule has 1 heterocycles. The lowest BCUT2D eigenvalue weighted by Gasteiger charge is -2.27. The molecule has 17 heavy (non-hydrogen) atoms. The van der Waals surface area contributed by atoms with Crippen LogP contribution in [0.4, 0.5) is 0 Å². The van der Waals surface area contributed by atoms with Gasteiger partial charge < -0.3 is 9.47 Å². The molecule has 1 saturated heterocycles. The summed E-state index contributed by atoms with van der Waals surface area (Å²) < 4.78 is 11.8. The van der Waals surface area contributed by atoms with Crippen molar-refractivity contribution in [2.45, 2.75) is 18.2 Å². The number of hydrogen-bond donors (Lipinski definition) is 0. The number of methoxy groups -OCH3 is 1. The van der Waals surface area contributed by atoms with Crippen LogP contribution in [0, 0.1) is 5.92 Å². The molecule has 1 aliphatic rings. The average molecular weight is 320 g/mol. The summed E-state index contributed by atoms with van der Waals surface area (Å²) in [4.78, 5) is 0. The first-order valence-electron chi connectivity index (χ1n) is 5.75. The van der Waals surface area contributed by atoms with Crippen LogP contribution in [-0.4, -0.2) is 25.7 Å². The second-order valence-corrected chi connectivity index (χ2v) is 5.72. The quantitative estimate of drug-likeness (QED) is 0.792. The lowest BCUT2D eigenvalue weighted by atomic mass is 9.93. The Hall–Kier alpha value is -0.250. The normalized spacial score (nSPS) is 24.6. The Balaban J connectivity index is 2.11. The lowest BCUT2D eigenvalue weighted by molar-refractivity contribution is 0.0577. The first-order valence-corrected chi connectivity index (χ1v) is 6.98. The molecule has 0 aromatic heterocycles. The van der Waals surface area contributed by atoms with E-state index in [-0.39, 0.29) is 5.38 Å². The second kappa shape index (κ2) is 6.07. The molecule has 2 unspecified atom stereocenters. The summed E-state index contributed by atoms with van der Waals surface area (Å²) in [5, 5.41) is 0.210. The molecule has 2 nitrogen and oxygen atoms in total. The van der Waals surface area contributed by atoms with Crippen LogP contribution in [0.1, 0.15) is 12.0 Å². The third-order valence-electron chi connectivity index (χ3n) is 3.12. The van der Waals surface area contributed by atoms with Crippen molar-refractivity contribution in [1.82, 2.24) is 0 Å². The maximum atomic E-state index is 6.33. The smallest absolute Gasteiger partial charge is 0.119 e. The van der Waals surface area contributed by atoms with Crippen LogP contribution in [0.25, 0.3) is 0 Å². The van der Waals surface area contributed by atoms with Crippen LogP contribution >= 0.6 is 27.5 Å². The van der Waals surface area contributed by atoms with Crippen LogP contribution in [0.3, 0.4) is 0 Å². The molecule has 1 fully saturated rings. The molecule has 1 aromatic rings. The minimum absolute atomic E-state index is 0.210. The van der Waals surface area contributed by atoms with E-state index in [4.69, 9.17) is 21.1 Å². The molecule has 2 rings (SSSR count). The highest BCUT2D eigenvalue weighted by Crippen LogP contribution is 2.29. The van der Waals surface area contributed by atoms with Crippen molar-refractivity contribution >= 4 is 27.5 Å². The molecule has 0 aliphatic carbocycles. The third kappa shape index (κ3) is 3.36.